The van der Waals surface area contributed by atoms with Gasteiger partial charge >= 0.3 is 0 Å². The number of hydrogen-bond donors (Lipinski definition) is 1. The highest BCUT2D eigenvalue weighted by Crippen LogP contribution is 2.43. The number of anilines is 1. The largest absolute Gasteiger partial charge is 0.348 e. The summed E-state index contributed by atoms with van der Waals surface area (Å²) < 4.78 is 1.01. The number of carbonyl (C=O) groups excluding carboxylic acids is 1. The lowest BCUT2D eigenvalue weighted by molar-refractivity contribution is -0.115. The van der Waals surface area contributed by atoms with Gasteiger partial charge in [0.05, 0.1) is 16.8 Å². The van der Waals surface area contributed by atoms with Crippen molar-refractivity contribution in [3.63, 3.8) is 0 Å². The minimum Gasteiger partial charge on any atom is -0.348 e. The van der Waals surface area contributed by atoms with Crippen LogP contribution in [0.25, 0.3) is 0 Å². The van der Waals surface area contributed by atoms with Gasteiger partial charge in [0.25, 0.3) is 5.91 Å². The Hall–Kier alpha value is -1.56. The second-order valence-electron chi connectivity index (χ2n) is 8.60. The van der Waals surface area contributed by atoms with Gasteiger partial charge in [-0.3, -0.25) is 9.80 Å². The van der Waals surface area contributed by atoms with Crippen LogP contribution >= 0.6 is 39.1 Å². The summed E-state index contributed by atoms with van der Waals surface area (Å²) in [5.74, 6) is -0.104. The predicted octanol–water partition coefficient (Wildman–Crippen LogP) is 7.54. The van der Waals surface area contributed by atoms with Gasteiger partial charge in [0.1, 0.15) is 5.71 Å². The van der Waals surface area contributed by atoms with Crippen LogP contribution in [0.15, 0.2) is 52.0 Å². The van der Waals surface area contributed by atoms with E-state index in [0.717, 1.165) is 35.0 Å². The molecule has 1 heterocycles. The maximum Gasteiger partial charge on any atom is 0.268 e. The first-order valence-electron chi connectivity index (χ1n) is 11.4. The summed E-state index contributed by atoms with van der Waals surface area (Å²) in [4.78, 5) is 13.4. The topological polar surface area (TPSA) is 44.7 Å². The molecule has 0 unspecified atom stereocenters. The van der Waals surface area contributed by atoms with Gasteiger partial charge in [0.2, 0.25) is 0 Å². The molecule has 170 valence electrons. The summed E-state index contributed by atoms with van der Waals surface area (Å²) in [6.07, 6.45) is 7.71. The molecule has 2 aromatic carbocycles. The second-order valence-corrected chi connectivity index (χ2v) is 10.4. The molecule has 1 saturated carbocycles. The Morgan fingerprint density at radius 2 is 1.78 bits per heavy atom. The zero-order valence-electron chi connectivity index (χ0n) is 18.2. The molecule has 2 aromatic rings. The van der Waals surface area contributed by atoms with Crippen LogP contribution in [0, 0.1) is 5.92 Å². The Bertz CT molecular complexity index is 987. The van der Waals surface area contributed by atoms with Crippen molar-refractivity contribution in [3.05, 3.63) is 62.5 Å². The molecule has 2 atom stereocenters. The van der Waals surface area contributed by atoms with Gasteiger partial charge in [-0.2, -0.15) is 5.10 Å². The van der Waals surface area contributed by atoms with E-state index in [1.807, 2.05) is 29.3 Å². The first-order chi connectivity index (χ1) is 15.5. The van der Waals surface area contributed by atoms with Crippen molar-refractivity contribution in [2.24, 2.45) is 11.0 Å². The number of hydrogen-bond acceptors (Lipinski definition) is 3. The number of nitrogens with one attached hydrogen (secondary N) is 1. The standard InChI is InChI=1S/C25H28BrCl2N3O/c1-2-20-23(25(32)29-19-7-5-3-4-6-8-19)30-31(22-14-13-18(27)15-21(22)28)24(20)16-9-11-17(26)12-10-16/h9-15,19-20,24H,2-8H2,1H3,(H,29,32)/t20-,24+/m1/s1. The van der Waals surface area contributed by atoms with E-state index in [2.05, 4.69) is 40.3 Å². The van der Waals surface area contributed by atoms with Crippen molar-refractivity contribution < 1.29 is 4.79 Å². The van der Waals surface area contributed by atoms with Gasteiger partial charge in [-0.1, -0.05) is 83.9 Å². The summed E-state index contributed by atoms with van der Waals surface area (Å²) >= 11 is 16.2. The van der Waals surface area contributed by atoms with E-state index in [9.17, 15) is 4.79 Å². The maximum absolute atomic E-state index is 13.4. The molecular formula is C25H28BrCl2N3O. The first kappa shape index (κ1) is 23.6. The number of hydrazone groups is 1. The fourth-order valence-electron chi connectivity index (χ4n) is 4.79. The van der Waals surface area contributed by atoms with Crippen molar-refractivity contribution in [1.29, 1.82) is 0 Å². The normalized spacial score (nSPS) is 21.9. The lowest BCUT2D eigenvalue weighted by Gasteiger charge is -2.29. The smallest absolute Gasteiger partial charge is 0.268 e. The van der Waals surface area contributed by atoms with Gasteiger partial charge in [0.15, 0.2) is 0 Å². The van der Waals surface area contributed by atoms with Crippen LogP contribution in [-0.4, -0.2) is 17.7 Å². The summed E-state index contributed by atoms with van der Waals surface area (Å²) in [5.41, 5.74) is 2.42. The molecule has 1 aliphatic heterocycles. The molecular weight excluding hydrogens is 509 g/mol. The van der Waals surface area contributed by atoms with E-state index >= 15 is 0 Å². The molecule has 0 spiro atoms. The lowest BCUT2D eigenvalue weighted by atomic mass is 9.87. The molecule has 4 rings (SSSR count). The molecule has 32 heavy (non-hydrogen) atoms. The molecule has 0 bridgehead atoms. The van der Waals surface area contributed by atoms with Gasteiger partial charge in [-0.25, -0.2) is 0 Å². The molecule has 1 amide bonds. The molecule has 2 aliphatic rings. The maximum atomic E-state index is 13.4. The van der Waals surface area contributed by atoms with E-state index in [1.54, 1.807) is 6.07 Å². The average Bonchev–Trinajstić information content (AvgIpc) is 2.96. The zero-order chi connectivity index (χ0) is 22.7. The fraction of sp³-hybridized carbons (Fsp3) is 0.440. The number of rotatable bonds is 5. The molecule has 0 saturated heterocycles. The van der Waals surface area contributed by atoms with Gasteiger partial charge in [0, 0.05) is 21.5 Å². The number of amides is 1. The Balaban J connectivity index is 1.70. The van der Waals surface area contributed by atoms with E-state index in [0.29, 0.717) is 15.8 Å². The van der Waals surface area contributed by atoms with Crippen molar-refractivity contribution >= 4 is 56.4 Å². The van der Waals surface area contributed by atoms with E-state index in [-0.39, 0.29) is 23.9 Å². The minimum absolute atomic E-state index is 0.0475. The molecule has 1 aliphatic carbocycles. The van der Waals surface area contributed by atoms with Crippen molar-refractivity contribution in [3.8, 4) is 0 Å². The molecule has 1 fully saturated rings. The first-order valence-corrected chi connectivity index (χ1v) is 12.9. The number of nitrogens with zero attached hydrogens (tertiary/aromatic N) is 2. The van der Waals surface area contributed by atoms with Crippen LogP contribution < -0.4 is 10.3 Å². The Morgan fingerprint density at radius 3 is 2.41 bits per heavy atom. The van der Waals surface area contributed by atoms with Crippen molar-refractivity contribution in [2.45, 2.75) is 64.0 Å². The Morgan fingerprint density at radius 1 is 1.09 bits per heavy atom. The monoisotopic (exact) mass is 535 g/mol. The van der Waals surface area contributed by atoms with Gasteiger partial charge in [-0.15, -0.1) is 0 Å². The zero-order valence-corrected chi connectivity index (χ0v) is 21.3. The highest BCUT2D eigenvalue weighted by molar-refractivity contribution is 9.10. The third-order valence-electron chi connectivity index (χ3n) is 6.44. The highest BCUT2D eigenvalue weighted by Gasteiger charge is 2.42. The third-order valence-corrected chi connectivity index (χ3v) is 7.51. The quantitative estimate of drug-likeness (QED) is 0.401. The molecule has 4 nitrogen and oxygen atoms in total. The number of carbonyl (C=O) groups is 1. The van der Waals surface area contributed by atoms with E-state index in [1.165, 1.54) is 25.7 Å². The fourth-order valence-corrected chi connectivity index (χ4v) is 5.55. The van der Waals surface area contributed by atoms with Crippen LogP contribution in [0.2, 0.25) is 10.0 Å². The molecule has 0 radical (unpaired) electrons. The minimum atomic E-state index is -0.123. The SMILES string of the molecule is CC[C@@H]1C(C(=O)NC2CCCCCC2)=NN(c2ccc(Cl)cc2Cl)[C@H]1c1ccc(Br)cc1. The van der Waals surface area contributed by atoms with Gasteiger partial charge in [-0.05, 0) is 55.2 Å². The van der Waals surface area contributed by atoms with Crippen LogP contribution in [0.1, 0.15) is 63.5 Å². The number of halogens is 3. The van der Waals surface area contributed by atoms with Crippen LogP contribution in [0.4, 0.5) is 5.69 Å². The van der Waals surface area contributed by atoms with Crippen molar-refractivity contribution in [1.82, 2.24) is 5.32 Å². The highest BCUT2D eigenvalue weighted by atomic mass is 79.9. The summed E-state index contributed by atoms with van der Waals surface area (Å²) in [6, 6.07) is 13.7. The van der Waals surface area contributed by atoms with E-state index in [4.69, 9.17) is 28.3 Å². The summed E-state index contributed by atoms with van der Waals surface area (Å²) in [5, 5.41) is 11.1. The summed E-state index contributed by atoms with van der Waals surface area (Å²) in [7, 11) is 0. The van der Waals surface area contributed by atoms with E-state index < -0.39 is 0 Å². The summed E-state index contributed by atoms with van der Waals surface area (Å²) in [6.45, 7) is 2.11. The molecule has 7 heteroatoms. The molecule has 1 N–H and O–H groups in total. The third kappa shape index (κ3) is 5.16. The Labute approximate surface area is 208 Å². The van der Waals surface area contributed by atoms with Crippen molar-refractivity contribution in [2.75, 3.05) is 5.01 Å². The number of benzene rings is 2. The van der Waals surface area contributed by atoms with Crippen LogP contribution in [0.3, 0.4) is 0 Å². The second kappa shape index (κ2) is 10.6. The average molecular weight is 537 g/mol. The van der Waals surface area contributed by atoms with Gasteiger partial charge < -0.3 is 5.32 Å². The van der Waals surface area contributed by atoms with Crippen LogP contribution in [0.5, 0.6) is 0 Å². The Kier molecular flexibility index (Phi) is 7.80. The predicted molar refractivity (Wildman–Crippen MR) is 137 cm³/mol. The molecule has 0 aromatic heterocycles. The lowest BCUT2D eigenvalue weighted by Crippen LogP contribution is -2.41. The van der Waals surface area contributed by atoms with Crippen LogP contribution in [-0.2, 0) is 4.79 Å².